The van der Waals surface area contributed by atoms with E-state index >= 15 is 0 Å². The summed E-state index contributed by atoms with van der Waals surface area (Å²) in [6.45, 7) is 4.44. The van der Waals surface area contributed by atoms with Crippen LogP contribution in [0.3, 0.4) is 0 Å². The van der Waals surface area contributed by atoms with Gasteiger partial charge in [0, 0.05) is 0 Å². The number of carbonyl (C=O) groups is 1. The van der Waals surface area contributed by atoms with Gasteiger partial charge in [-0.15, -0.1) is 5.10 Å². The van der Waals surface area contributed by atoms with Crippen molar-refractivity contribution in [2.24, 2.45) is 5.41 Å². The Hall–Kier alpha value is -1.62. The number of hydrogen-bond acceptors (Lipinski definition) is 3. The maximum absolute atomic E-state index is 11.0. The van der Waals surface area contributed by atoms with Crippen molar-refractivity contribution in [2.45, 2.75) is 32.7 Å². The highest BCUT2D eigenvalue weighted by Crippen LogP contribution is 2.48. The van der Waals surface area contributed by atoms with Crippen molar-refractivity contribution < 1.29 is 9.90 Å². The summed E-state index contributed by atoms with van der Waals surface area (Å²) in [4.78, 5) is 11.0. The monoisotopic (exact) mass is 279 g/mol. The Kier molecular flexibility index (Phi) is 2.57. The van der Waals surface area contributed by atoms with Crippen LogP contribution in [0.25, 0.3) is 11.0 Å². The number of aromatic nitrogens is 3. The molecule has 19 heavy (non-hydrogen) atoms. The third-order valence-electron chi connectivity index (χ3n) is 3.71. The maximum atomic E-state index is 11.0. The normalized spacial score (nSPS) is 18.5. The molecule has 100 valence electrons. The molecule has 0 bridgehead atoms. The lowest BCUT2D eigenvalue weighted by Crippen LogP contribution is -2.34. The van der Waals surface area contributed by atoms with E-state index in [2.05, 4.69) is 24.2 Å². The lowest BCUT2D eigenvalue weighted by atomic mass is 9.68. The average Bonchev–Trinajstić information content (AvgIpc) is 2.66. The highest BCUT2D eigenvalue weighted by atomic mass is 35.5. The Morgan fingerprint density at radius 2 is 2.16 bits per heavy atom. The molecule has 1 aromatic carbocycles. The second-order valence-corrected chi connectivity index (χ2v) is 6.29. The molecular formula is C13H14ClN3O2. The Balaban J connectivity index is 2.05. The number of aromatic carboxylic acids is 1. The topological polar surface area (TPSA) is 68.0 Å². The van der Waals surface area contributed by atoms with Crippen LogP contribution in [0, 0.1) is 5.41 Å². The molecule has 5 nitrogen and oxygen atoms in total. The Labute approximate surface area is 115 Å². The van der Waals surface area contributed by atoms with E-state index in [9.17, 15) is 4.79 Å². The summed E-state index contributed by atoms with van der Waals surface area (Å²) in [5, 5.41) is 17.4. The third-order valence-corrected chi connectivity index (χ3v) is 4.03. The van der Waals surface area contributed by atoms with Crippen LogP contribution < -0.4 is 0 Å². The first-order chi connectivity index (χ1) is 8.87. The predicted molar refractivity (Wildman–Crippen MR) is 71.5 cm³/mol. The fraction of sp³-hybridized carbons (Fsp3) is 0.462. The lowest BCUT2D eigenvalue weighted by Gasteiger charge is -2.42. The molecule has 1 aliphatic rings. The molecule has 6 heteroatoms. The van der Waals surface area contributed by atoms with Gasteiger partial charge in [-0.05, 0) is 30.4 Å². The van der Waals surface area contributed by atoms with Crippen molar-refractivity contribution in [3.8, 4) is 0 Å². The van der Waals surface area contributed by atoms with E-state index in [1.165, 1.54) is 6.07 Å². The predicted octanol–water partition coefficient (Wildman–Crippen LogP) is 3.14. The number of halogens is 1. The van der Waals surface area contributed by atoms with E-state index in [4.69, 9.17) is 16.7 Å². The Bertz CT molecular complexity index is 670. The molecule has 1 aliphatic carbocycles. The fourth-order valence-corrected chi connectivity index (χ4v) is 3.02. The smallest absolute Gasteiger partial charge is 0.337 e. The number of rotatable bonds is 2. The summed E-state index contributed by atoms with van der Waals surface area (Å²) in [6.07, 6.45) is 2.09. The number of carboxylic acids is 1. The van der Waals surface area contributed by atoms with Crippen LogP contribution in [0.4, 0.5) is 0 Å². The molecule has 0 atom stereocenters. The molecule has 0 unspecified atom stereocenters. The minimum atomic E-state index is -1.05. The van der Waals surface area contributed by atoms with Crippen LogP contribution in [-0.4, -0.2) is 26.1 Å². The van der Waals surface area contributed by atoms with Gasteiger partial charge in [0.2, 0.25) is 0 Å². The van der Waals surface area contributed by atoms with Crippen molar-refractivity contribution in [1.82, 2.24) is 15.0 Å². The number of hydrogen-bond donors (Lipinski definition) is 1. The number of nitrogens with zero attached hydrogens (tertiary/aromatic N) is 3. The molecule has 0 saturated heterocycles. The zero-order valence-corrected chi connectivity index (χ0v) is 11.5. The van der Waals surface area contributed by atoms with Gasteiger partial charge in [0.25, 0.3) is 0 Å². The van der Waals surface area contributed by atoms with E-state index in [-0.39, 0.29) is 10.6 Å². The molecule has 3 rings (SSSR count). The maximum Gasteiger partial charge on any atom is 0.337 e. The van der Waals surface area contributed by atoms with Gasteiger partial charge in [-0.3, -0.25) is 0 Å². The quantitative estimate of drug-likeness (QED) is 0.917. The van der Waals surface area contributed by atoms with E-state index < -0.39 is 5.97 Å². The van der Waals surface area contributed by atoms with Crippen molar-refractivity contribution >= 4 is 28.6 Å². The molecule has 1 saturated carbocycles. The minimum absolute atomic E-state index is 0.0650. The molecule has 1 fully saturated rings. The Morgan fingerprint density at radius 3 is 2.74 bits per heavy atom. The van der Waals surface area contributed by atoms with Gasteiger partial charge in [0.1, 0.15) is 5.52 Å². The van der Waals surface area contributed by atoms with E-state index in [1.54, 1.807) is 6.07 Å². The number of benzene rings is 1. The lowest BCUT2D eigenvalue weighted by molar-refractivity contribution is 0.0697. The second kappa shape index (κ2) is 3.93. The average molecular weight is 280 g/mol. The van der Waals surface area contributed by atoms with Crippen LogP contribution in [-0.2, 0) is 0 Å². The summed E-state index contributed by atoms with van der Waals surface area (Å²) >= 11 is 6.00. The Morgan fingerprint density at radius 1 is 1.47 bits per heavy atom. The van der Waals surface area contributed by atoms with E-state index in [1.807, 2.05) is 4.68 Å². The fourth-order valence-electron chi connectivity index (χ4n) is 2.78. The molecule has 1 N–H and O–H groups in total. The van der Waals surface area contributed by atoms with Crippen LogP contribution in [0.5, 0.6) is 0 Å². The highest BCUT2D eigenvalue weighted by molar-refractivity contribution is 6.34. The molecule has 2 aromatic rings. The summed E-state index contributed by atoms with van der Waals surface area (Å²) in [7, 11) is 0. The second-order valence-electron chi connectivity index (χ2n) is 5.89. The van der Waals surface area contributed by atoms with E-state index in [0.717, 1.165) is 18.4 Å². The molecule has 0 aliphatic heterocycles. The zero-order chi connectivity index (χ0) is 13.8. The summed E-state index contributed by atoms with van der Waals surface area (Å²) < 4.78 is 1.86. The molecule has 0 spiro atoms. The van der Waals surface area contributed by atoms with Gasteiger partial charge in [0.05, 0.1) is 22.1 Å². The van der Waals surface area contributed by atoms with Crippen molar-refractivity contribution in [3.63, 3.8) is 0 Å². The molecule has 0 amide bonds. The van der Waals surface area contributed by atoms with Gasteiger partial charge in [-0.1, -0.05) is 30.7 Å². The van der Waals surface area contributed by atoms with Gasteiger partial charge in [-0.25, -0.2) is 9.48 Å². The summed E-state index contributed by atoms with van der Waals surface area (Å²) in [5.74, 6) is -1.05. The first-order valence-electron chi connectivity index (χ1n) is 6.15. The number of fused-ring (bicyclic) bond motifs is 1. The summed E-state index contributed by atoms with van der Waals surface area (Å²) in [6, 6.07) is 3.45. The molecule has 1 aromatic heterocycles. The van der Waals surface area contributed by atoms with Gasteiger partial charge in [0.15, 0.2) is 0 Å². The van der Waals surface area contributed by atoms with Gasteiger partial charge >= 0.3 is 5.97 Å². The van der Waals surface area contributed by atoms with Crippen LogP contribution in [0.15, 0.2) is 12.1 Å². The van der Waals surface area contributed by atoms with Crippen molar-refractivity contribution in [1.29, 1.82) is 0 Å². The minimum Gasteiger partial charge on any atom is -0.478 e. The number of carboxylic acid groups (broad SMARTS) is 1. The first kappa shape index (κ1) is 12.4. The molecule has 0 radical (unpaired) electrons. The first-order valence-corrected chi connectivity index (χ1v) is 6.53. The molecule has 1 heterocycles. The largest absolute Gasteiger partial charge is 0.478 e. The van der Waals surface area contributed by atoms with Crippen molar-refractivity contribution in [2.75, 3.05) is 0 Å². The summed E-state index contributed by atoms with van der Waals surface area (Å²) in [5.41, 5.74) is 1.78. The highest BCUT2D eigenvalue weighted by Gasteiger charge is 2.38. The van der Waals surface area contributed by atoms with Crippen molar-refractivity contribution in [3.05, 3.63) is 22.7 Å². The van der Waals surface area contributed by atoms with Crippen LogP contribution in [0.2, 0.25) is 5.02 Å². The van der Waals surface area contributed by atoms with Crippen LogP contribution in [0.1, 0.15) is 43.1 Å². The standard InChI is InChI=1S/C13H14ClN3O2/c1-13(2)5-7(6-13)17-11-4-9(14)8(12(18)19)3-10(11)15-16-17/h3-4,7H,5-6H2,1-2H3,(H,18,19). The third kappa shape index (κ3) is 1.98. The van der Waals surface area contributed by atoms with Crippen LogP contribution >= 0.6 is 11.6 Å². The SMILES string of the molecule is CC1(C)CC(n2nnc3cc(C(=O)O)c(Cl)cc32)C1. The van der Waals surface area contributed by atoms with Gasteiger partial charge < -0.3 is 5.11 Å². The zero-order valence-electron chi connectivity index (χ0n) is 10.7. The van der Waals surface area contributed by atoms with Gasteiger partial charge in [-0.2, -0.15) is 0 Å². The van der Waals surface area contributed by atoms with E-state index in [0.29, 0.717) is 17.0 Å². The molecular weight excluding hydrogens is 266 g/mol.